The normalized spacial score (nSPS) is 17.2. The lowest BCUT2D eigenvalue weighted by molar-refractivity contribution is -0.129. The van der Waals surface area contributed by atoms with E-state index < -0.39 is 5.91 Å². The third-order valence-corrected chi connectivity index (χ3v) is 6.54. The van der Waals surface area contributed by atoms with E-state index in [0.29, 0.717) is 30.4 Å². The number of nitrogens with one attached hydrogen (secondary N) is 2. The Morgan fingerprint density at radius 1 is 1.28 bits per heavy atom. The molecule has 1 aliphatic heterocycles. The van der Waals surface area contributed by atoms with Gasteiger partial charge in [0.2, 0.25) is 5.91 Å². The molecule has 0 spiro atoms. The van der Waals surface area contributed by atoms with Crippen molar-refractivity contribution < 1.29 is 14.4 Å². The Balaban J connectivity index is 1.49. The van der Waals surface area contributed by atoms with Crippen molar-refractivity contribution in [1.82, 2.24) is 15.4 Å². The Morgan fingerprint density at radius 2 is 2.09 bits per heavy atom. The maximum atomic E-state index is 14.8. The molecular formula is C26H32FN3O2. The molecule has 1 amide bonds. The monoisotopic (exact) mass is 437 g/mol. The second kappa shape index (κ2) is 9.84. The fraction of sp³-hybridized carbons (Fsp3) is 0.423. The first-order valence-electron chi connectivity index (χ1n) is 11.5. The number of likely N-dealkylation sites (tertiary alicyclic amines) is 1. The zero-order valence-electron chi connectivity index (χ0n) is 18.8. The number of carbonyl (C=O) groups is 1. The minimum atomic E-state index is -0.466. The predicted octanol–water partition coefficient (Wildman–Crippen LogP) is 5.25. The van der Waals surface area contributed by atoms with E-state index in [1.807, 2.05) is 12.1 Å². The lowest BCUT2D eigenvalue weighted by Crippen LogP contribution is -2.34. The highest BCUT2D eigenvalue weighted by atomic mass is 19.1. The van der Waals surface area contributed by atoms with Crippen molar-refractivity contribution in [3.63, 3.8) is 0 Å². The van der Waals surface area contributed by atoms with Gasteiger partial charge in [0.1, 0.15) is 5.82 Å². The first-order valence-corrected chi connectivity index (χ1v) is 11.5. The number of fused-ring (bicyclic) bond motifs is 1. The molecule has 2 heterocycles. The van der Waals surface area contributed by atoms with Crippen molar-refractivity contribution in [1.29, 1.82) is 0 Å². The molecule has 1 unspecified atom stereocenters. The molecule has 0 saturated carbocycles. The molecule has 1 fully saturated rings. The van der Waals surface area contributed by atoms with E-state index in [-0.39, 0.29) is 12.2 Å². The average molecular weight is 438 g/mol. The SMILES string of the molecule is CC(C)c1[nH]c2ccccc2c1C1CCCN(Cc2ccc(CCC(=O)NO)cc2F)C1. The minimum absolute atomic E-state index is 0.131. The van der Waals surface area contributed by atoms with Crippen LogP contribution in [0.1, 0.15) is 67.3 Å². The van der Waals surface area contributed by atoms with E-state index in [1.165, 1.54) is 28.2 Å². The summed E-state index contributed by atoms with van der Waals surface area (Å²) in [4.78, 5) is 17.2. The van der Waals surface area contributed by atoms with Crippen LogP contribution < -0.4 is 5.48 Å². The molecule has 1 aromatic heterocycles. The van der Waals surface area contributed by atoms with E-state index in [2.05, 4.69) is 48.0 Å². The fourth-order valence-corrected chi connectivity index (χ4v) is 4.94. The Bertz CT molecular complexity index is 1090. The molecule has 6 heteroatoms. The number of hydrogen-bond donors (Lipinski definition) is 3. The number of aromatic nitrogens is 1. The Morgan fingerprint density at radius 3 is 2.84 bits per heavy atom. The fourth-order valence-electron chi connectivity index (χ4n) is 4.94. The second-order valence-corrected chi connectivity index (χ2v) is 9.19. The highest BCUT2D eigenvalue weighted by Gasteiger charge is 2.27. The molecule has 3 aromatic rings. The lowest BCUT2D eigenvalue weighted by atomic mass is 9.86. The van der Waals surface area contributed by atoms with Gasteiger partial charge in [-0.15, -0.1) is 0 Å². The van der Waals surface area contributed by atoms with Crippen LogP contribution in [0.25, 0.3) is 10.9 Å². The van der Waals surface area contributed by atoms with Gasteiger partial charge in [0.15, 0.2) is 0 Å². The van der Waals surface area contributed by atoms with Crippen molar-refractivity contribution in [3.8, 4) is 0 Å². The summed E-state index contributed by atoms with van der Waals surface area (Å²) < 4.78 is 14.8. The molecule has 0 aliphatic carbocycles. The van der Waals surface area contributed by atoms with Gasteiger partial charge in [-0.3, -0.25) is 14.9 Å². The molecule has 1 aliphatic rings. The maximum Gasteiger partial charge on any atom is 0.243 e. The second-order valence-electron chi connectivity index (χ2n) is 9.19. The molecule has 170 valence electrons. The lowest BCUT2D eigenvalue weighted by Gasteiger charge is -2.33. The highest BCUT2D eigenvalue weighted by Crippen LogP contribution is 2.38. The molecule has 4 rings (SSSR count). The van der Waals surface area contributed by atoms with E-state index >= 15 is 0 Å². The average Bonchev–Trinajstić information content (AvgIpc) is 3.19. The van der Waals surface area contributed by atoms with Crippen LogP contribution in [0.2, 0.25) is 0 Å². The maximum absolute atomic E-state index is 14.8. The van der Waals surface area contributed by atoms with Gasteiger partial charge in [-0.1, -0.05) is 44.2 Å². The van der Waals surface area contributed by atoms with Crippen molar-refractivity contribution in [2.24, 2.45) is 0 Å². The number of para-hydroxylation sites is 1. The van der Waals surface area contributed by atoms with Crippen LogP contribution in [-0.4, -0.2) is 34.1 Å². The molecule has 5 nitrogen and oxygen atoms in total. The van der Waals surface area contributed by atoms with Gasteiger partial charge < -0.3 is 4.98 Å². The largest absolute Gasteiger partial charge is 0.358 e. The minimum Gasteiger partial charge on any atom is -0.358 e. The van der Waals surface area contributed by atoms with E-state index in [4.69, 9.17) is 5.21 Å². The van der Waals surface area contributed by atoms with Crippen molar-refractivity contribution in [2.75, 3.05) is 13.1 Å². The number of hydrogen-bond acceptors (Lipinski definition) is 3. The number of rotatable bonds is 7. The first-order chi connectivity index (χ1) is 15.5. The van der Waals surface area contributed by atoms with Crippen molar-refractivity contribution in [2.45, 2.75) is 57.9 Å². The molecule has 1 atom stereocenters. The van der Waals surface area contributed by atoms with E-state index in [0.717, 1.165) is 31.5 Å². The van der Waals surface area contributed by atoms with E-state index in [9.17, 15) is 9.18 Å². The molecule has 3 N–H and O–H groups in total. The topological polar surface area (TPSA) is 68.4 Å². The van der Waals surface area contributed by atoms with Gasteiger partial charge >= 0.3 is 0 Å². The van der Waals surface area contributed by atoms with Gasteiger partial charge in [0.05, 0.1) is 0 Å². The van der Waals surface area contributed by atoms with Gasteiger partial charge in [-0.2, -0.15) is 0 Å². The molecular weight excluding hydrogens is 405 g/mol. The zero-order chi connectivity index (χ0) is 22.7. The Kier molecular flexibility index (Phi) is 6.92. The number of carbonyl (C=O) groups excluding carboxylic acids is 1. The number of aromatic amines is 1. The molecule has 0 radical (unpaired) electrons. The summed E-state index contributed by atoms with van der Waals surface area (Å²) in [6, 6.07) is 13.7. The third-order valence-electron chi connectivity index (χ3n) is 6.54. The smallest absolute Gasteiger partial charge is 0.243 e. The van der Waals surface area contributed by atoms with Gasteiger partial charge in [-0.05, 0) is 60.9 Å². The number of piperidine rings is 1. The van der Waals surface area contributed by atoms with Gasteiger partial charge in [-0.25, -0.2) is 9.87 Å². The number of aryl methyl sites for hydroxylation is 1. The molecule has 2 aromatic carbocycles. The summed E-state index contributed by atoms with van der Waals surface area (Å²) in [6.07, 6.45) is 2.77. The number of H-pyrrole nitrogens is 1. The van der Waals surface area contributed by atoms with Crippen molar-refractivity contribution >= 4 is 16.8 Å². The summed E-state index contributed by atoms with van der Waals surface area (Å²) in [7, 11) is 0. The number of amides is 1. The number of benzene rings is 2. The van der Waals surface area contributed by atoms with Crippen LogP contribution in [0.5, 0.6) is 0 Å². The Labute approximate surface area is 188 Å². The predicted molar refractivity (Wildman–Crippen MR) is 124 cm³/mol. The van der Waals surface area contributed by atoms with Crippen LogP contribution in [0.3, 0.4) is 0 Å². The number of hydroxylamine groups is 1. The molecule has 0 bridgehead atoms. The van der Waals surface area contributed by atoms with Crippen LogP contribution in [0.4, 0.5) is 4.39 Å². The quantitative estimate of drug-likeness (QED) is 0.349. The summed E-state index contributed by atoms with van der Waals surface area (Å²) in [6.45, 7) is 6.93. The standard InChI is InChI=1S/C26H32FN3O2/c1-17(2)26-25(21-7-3-4-8-23(21)28-26)20-6-5-13-30(16-20)15-19-11-9-18(14-22(19)27)10-12-24(31)29-32/h3-4,7-9,11,14,17,20,28,32H,5-6,10,12-13,15-16H2,1-2H3,(H,29,31). The van der Waals surface area contributed by atoms with E-state index in [1.54, 1.807) is 5.48 Å². The molecule has 1 saturated heterocycles. The first kappa shape index (κ1) is 22.5. The summed E-state index contributed by atoms with van der Waals surface area (Å²) in [5.74, 6) is 0.151. The van der Waals surface area contributed by atoms with Crippen LogP contribution in [0.15, 0.2) is 42.5 Å². The van der Waals surface area contributed by atoms with Gasteiger partial charge in [0.25, 0.3) is 0 Å². The summed E-state index contributed by atoms with van der Waals surface area (Å²) >= 11 is 0. The van der Waals surface area contributed by atoms with Crippen LogP contribution >= 0.6 is 0 Å². The van der Waals surface area contributed by atoms with Crippen LogP contribution in [0, 0.1) is 5.82 Å². The third kappa shape index (κ3) is 4.87. The number of nitrogens with zero attached hydrogens (tertiary/aromatic N) is 1. The molecule has 32 heavy (non-hydrogen) atoms. The van der Waals surface area contributed by atoms with Crippen LogP contribution in [-0.2, 0) is 17.8 Å². The highest BCUT2D eigenvalue weighted by molar-refractivity contribution is 5.85. The summed E-state index contributed by atoms with van der Waals surface area (Å²) in [5, 5.41) is 9.92. The summed E-state index contributed by atoms with van der Waals surface area (Å²) in [5.41, 5.74) is 6.99. The number of halogens is 1. The van der Waals surface area contributed by atoms with Gasteiger partial charge in [0, 0.05) is 41.7 Å². The zero-order valence-corrected chi connectivity index (χ0v) is 18.8. The van der Waals surface area contributed by atoms with Crippen molar-refractivity contribution in [3.05, 3.63) is 70.7 Å². The Hall–Kier alpha value is -2.70.